The predicted octanol–water partition coefficient (Wildman–Crippen LogP) is 2.17. The van der Waals surface area contributed by atoms with Crippen molar-refractivity contribution < 1.29 is 14.6 Å². The average molecular weight is 275 g/mol. The quantitative estimate of drug-likeness (QED) is 0.854. The van der Waals surface area contributed by atoms with Gasteiger partial charge in [-0.1, -0.05) is 19.1 Å². The van der Waals surface area contributed by atoms with Crippen LogP contribution in [0, 0.1) is 0 Å². The highest BCUT2D eigenvalue weighted by Crippen LogP contribution is 2.40. The fourth-order valence-corrected chi connectivity index (χ4v) is 3.06. The molecule has 0 aromatic heterocycles. The van der Waals surface area contributed by atoms with Crippen molar-refractivity contribution in [2.24, 2.45) is 0 Å². The molecule has 3 atom stereocenters. The molecule has 20 heavy (non-hydrogen) atoms. The summed E-state index contributed by atoms with van der Waals surface area (Å²) in [7, 11) is 0. The molecule has 0 bridgehead atoms. The molecule has 1 amide bonds. The maximum absolute atomic E-state index is 12.7. The van der Waals surface area contributed by atoms with Gasteiger partial charge in [-0.05, 0) is 25.8 Å². The van der Waals surface area contributed by atoms with E-state index in [1.807, 2.05) is 25.1 Å². The molecular formula is C16H21NO3. The van der Waals surface area contributed by atoms with Crippen molar-refractivity contribution in [2.45, 2.75) is 44.8 Å². The molecule has 3 unspecified atom stereocenters. The van der Waals surface area contributed by atoms with Crippen LogP contribution in [-0.4, -0.2) is 41.2 Å². The topological polar surface area (TPSA) is 49.8 Å². The summed E-state index contributed by atoms with van der Waals surface area (Å²) in [5, 5.41) is 9.73. The SMILES string of the molecule is CC1Oc2c(C(=O)N3CCCC(O)C3)cccc2C1C. The number of aliphatic hydroxyl groups is 1. The molecule has 2 heterocycles. The lowest BCUT2D eigenvalue weighted by molar-refractivity contribution is 0.0470. The lowest BCUT2D eigenvalue weighted by atomic mass is 9.96. The number of piperidine rings is 1. The number of nitrogens with zero attached hydrogens (tertiary/aromatic N) is 1. The number of carbonyl (C=O) groups is 1. The monoisotopic (exact) mass is 275 g/mol. The molecule has 1 saturated heterocycles. The molecule has 0 radical (unpaired) electrons. The third kappa shape index (κ3) is 2.18. The third-order valence-corrected chi connectivity index (χ3v) is 4.46. The number of hydrogen-bond donors (Lipinski definition) is 1. The minimum Gasteiger partial charge on any atom is -0.489 e. The van der Waals surface area contributed by atoms with Crippen LogP contribution in [0.2, 0.25) is 0 Å². The summed E-state index contributed by atoms with van der Waals surface area (Å²) in [6.45, 7) is 5.29. The van der Waals surface area contributed by atoms with E-state index in [0.717, 1.165) is 24.2 Å². The van der Waals surface area contributed by atoms with E-state index in [4.69, 9.17) is 4.74 Å². The van der Waals surface area contributed by atoms with Gasteiger partial charge in [0.2, 0.25) is 0 Å². The Hall–Kier alpha value is -1.55. The molecule has 108 valence electrons. The van der Waals surface area contributed by atoms with Crippen molar-refractivity contribution in [3.63, 3.8) is 0 Å². The molecule has 2 aliphatic rings. The summed E-state index contributed by atoms with van der Waals surface area (Å²) in [5.74, 6) is 1.02. The van der Waals surface area contributed by atoms with Crippen molar-refractivity contribution >= 4 is 5.91 Å². The summed E-state index contributed by atoms with van der Waals surface area (Å²) in [4.78, 5) is 14.4. The van der Waals surface area contributed by atoms with Gasteiger partial charge in [-0.15, -0.1) is 0 Å². The van der Waals surface area contributed by atoms with Crippen molar-refractivity contribution in [2.75, 3.05) is 13.1 Å². The number of rotatable bonds is 1. The molecule has 1 fully saturated rings. The molecule has 3 rings (SSSR count). The van der Waals surface area contributed by atoms with Crippen LogP contribution in [0.5, 0.6) is 5.75 Å². The molecule has 1 aromatic rings. The smallest absolute Gasteiger partial charge is 0.257 e. The van der Waals surface area contributed by atoms with Crippen molar-refractivity contribution in [1.82, 2.24) is 4.90 Å². The Morgan fingerprint density at radius 3 is 2.95 bits per heavy atom. The number of para-hydroxylation sites is 1. The van der Waals surface area contributed by atoms with Crippen LogP contribution in [-0.2, 0) is 0 Å². The first-order valence-corrected chi connectivity index (χ1v) is 7.35. The highest BCUT2D eigenvalue weighted by Gasteiger charge is 2.33. The first-order chi connectivity index (χ1) is 9.58. The minimum absolute atomic E-state index is 0.0260. The van der Waals surface area contributed by atoms with Crippen LogP contribution in [0.4, 0.5) is 0 Å². The molecule has 0 spiro atoms. The second kappa shape index (κ2) is 5.09. The number of benzene rings is 1. The van der Waals surface area contributed by atoms with Crippen molar-refractivity contribution in [3.8, 4) is 5.75 Å². The summed E-state index contributed by atoms with van der Waals surface area (Å²) in [5.41, 5.74) is 1.74. The van der Waals surface area contributed by atoms with Crippen molar-refractivity contribution in [3.05, 3.63) is 29.3 Å². The molecule has 4 nitrogen and oxygen atoms in total. The number of carbonyl (C=O) groups excluding carboxylic acids is 1. The first-order valence-electron chi connectivity index (χ1n) is 7.35. The number of hydrogen-bond acceptors (Lipinski definition) is 3. The number of fused-ring (bicyclic) bond motifs is 1. The summed E-state index contributed by atoms with van der Waals surface area (Å²) >= 11 is 0. The number of aliphatic hydroxyl groups excluding tert-OH is 1. The summed E-state index contributed by atoms with van der Waals surface area (Å²) < 4.78 is 5.88. The third-order valence-electron chi connectivity index (χ3n) is 4.46. The van der Waals surface area contributed by atoms with Crippen LogP contribution in [0.1, 0.15) is 48.5 Å². The number of amides is 1. The number of likely N-dealkylation sites (tertiary alicyclic amines) is 1. The Bertz CT molecular complexity index is 528. The Morgan fingerprint density at radius 1 is 1.40 bits per heavy atom. The van der Waals surface area contributed by atoms with Crippen molar-refractivity contribution in [1.29, 1.82) is 0 Å². The first kappa shape index (κ1) is 13.4. The lowest BCUT2D eigenvalue weighted by Gasteiger charge is -2.30. The highest BCUT2D eigenvalue weighted by molar-refractivity contribution is 5.97. The van der Waals surface area contributed by atoms with Crippen LogP contribution >= 0.6 is 0 Å². The predicted molar refractivity (Wildman–Crippen MR) is 76.1 cm³/mol. The van der Waals surface area contributed by atoms with E-state index in [1.165, 1.54) is 0 Å². The van der Waals surface area contributed by atoms with Crippen LogP contribution in [0.15, 0.2) is 18.2 Å². The van der Waals surface area contributed by atoms with Crippen LogP contribution in [0.25, 0.3) is 0 Å². The van der Waals surface area contributed by atoms with E-state index in [1.54, 1.807) is 4.90 Å². The van der Waals surface area contributed by atoms with E-state index >= 15 is 0 Å². The van der Waals surface area contributed by atoms with Gasteiger partial charge in [0, 0.05) is 24.6 Å². The Labute approximate surface area is 119 Å². The fourth-order valence-electron chi connectivity index (χ4n) is 3.06. The van der Waals surface area contributed by atoms with E-state index < -0.39 is 6.10 Å². The zero-order valence-corrected chi connectivity index (χ0v) is 12.0. The van der Waals surface area contributed by atoms with E-state index in [-0.39, 0.29) is 12.0 Å². The number of ether oxygens (including phenoxy) is 1. The second-order valence-electron chi connectivity index (χ2n) is 5.88. The van der Waals surface area contributed by atoms with Gasteiger partial charge < -0.3 is 14.7 Å². The maximum Gasteiger partial charge on any atom is 0.257 e. The molecule has 0 saturated carbocycles. The zero-order chi connectivity index (χ0) is 14.3. The van der Waals surface area contributed by atoms with Gasteiger partial charge in [-0.2, -0.15) is 0 Å². The van der Waals surface area contributed by atoms with E-state index in [9.17, 15) is 9.90 Å². The molecule has 1 N–H and O–H groups in total. The zero-order valence-electron chi connectivity index (χ0n) is 12.0. The average Bonchev–Trinajstić information content (AvgIpc) is 2.74. The second-order valence-corrected chi connectivity index (χ2v) is 5.88. The normalized spacial score (nSPS) is 28.9. The summed E-state index contributed by atoms with van der Waals surface area (Å²) in [6.07, 6.45) is 1.34. The summed E-state index contributed by atoms with van der Waals surface area (Å²) in [6, 6.07) is 5.78. The standard InChI is InChI=1S/C16H21NO3/c1-10-11(2)20-15-13(10)6-3-7-14(15)16(19)17-8-4-5-12(18)9-17/h3,6-7,10-12,18H,4-5,8-9H2,1-2H3. The molecular weight excluding hydrogens is 254 g/mol. The minimum atomic E-state index is -0.400. The van der Waals surface area contributed by atoms with Gasteiger partial charge in [0.05, 0.1) is 11.7 Å². The lowest BCUT2D eigenvalue weighted by Crippen LogP contribution is -2.42. The molecule has 4 heteroatoms. The van der Waals surface area contributed by atoms with E-state index in [2.05, 4.69) is 6.92 Å². The Balaban J connectivity index is 1.90. The molecule has 1 aromatic carbocycles. The van der Waals surface area contributed by atoms with Crippen LogP contribution in [0.3, 0.4) is 0 Å². The van der Waals surface area contributed by atoms with Crippen LogP contribution < -0.4 is 4.74 Å². The van der Waals surface area contributed by atoms with Gasteiger partial charge in [-0.25, -0.2) is 0 Å². The number of β-amino-alcohol motifs (C(OH)–C–C–N with tert-alkyl or cyclic N) is 1. The largest absolute Gasteiger partial charge is 0.489 e. The molecule has 2 aliphatic heterocycles. The highest BCUT2D eigenvalue weighted by atomic mass is 16.5. The van der Waals surface area contributed by atoms with Gasteiger partial charge in [0.15, 0.2) is 0 Å². The van der Waals surface area contributed by atoms with E-state index in [0.29, 0.717) is 24.6 Å². The fraction of sp³-hybridized carbons (Fsp3) is 0.562. The van der Waals surface area contributed by atoms with Gasteiger partial charge in [-0.3, -0.25) is 4.79 Å². The Morgan fingerprint density at radius 2 is 2.20 bits per heavy atom. The maximum atomic E-state index is 12.7. The molecule has 0 aliphatic carbocycles. The van der Waals surface area contributed by atoms with Gasteiger partial charge in [0.1, 0.15) is 11.9 Å². The van der Waals surface area contributed by atoms with Gasteiger partial charge >= 0.3 is 0 Å². The van der Waals surface area contributed by atoms with Gasteiger partial charge in [0.25, 0.3) is 5.91 Å². The Kier molecular flexibility index (Phi) is 3.42.